The molecule has 0 amide bonds. The quantitative estimate of drug-likeness (QED) is 0.172. The molecule has 0 aliphatic heterocycles. The third-order valence-corrected chi connectivity index (χ3v) is 5.23. The summed E-state index contributed by atoms with van der Waals surface area (Å²) in [6, 6.07) is 0. The molecule has 0 radical (unpaired) electrons. The minimum atomic E-state index is 0.259. The van der Waals surface area contributed by atoms with Crippen molar-refractivity contribution in [3.63, 3.8) is 0 Å². The average molecular weight is 358 g/mol. The van der Waals surface area contributed by atoms with Gasteiger partial charge in [0.1, 0.15) is 0 Å². The average Bonchev–Trinajstić information content (AvgIpc) is 2.59. The van der Waals surface area contributed by atoms with Crippen LogP contribution in [0.25, 0.3) is 0 Å². The first-order chi connectivity index (χ1) is 11.8. The molecule has 0 aromatic carbocycles. The fourth-order valence-electron chi connectivity index (χ4n) is 3.23. The van der Waals surface area contributed by atoms with Crippen molar-refractivity contribution in [2.75, 3.05) is 6.54 Å². The van der Waals surface area contributed by atoms with E-state index < -0.39 is 0 Å². The van der Waals surface area contributed by atoms with Gasteiger partial charge in [0, 0.05) is 6.54 Å². The van der Waals surface area contributed by atoms with Gasteiger partial charge in [0.15, 0.2) is 0 Å². The normalized spacial score (nSPS) is 12.2. The number of hydrogen-bond donors (Lipinski definition) is 1. The number of rotatable bonds is 20. The molecule has 1 atom stereocenters. The van der Waals surface area contributed by atoms with Gasteiger partial charge in [-0.15, -0.1) is 11.6 Å². The highest BCUT2D eigenvalue weighted by molar-refractivity contribution is 6.20. The lowest BCUT2D eigenvalue weighted by molar-refractivity contribution is 0.525. The van der Waals surface area contributed by atoms with Gasteiger partial charge < -0.3 is 5.32 Å². The van der Waals surface area contributed by atoms with Crippen molar-refractivity contribution in [2.45, 2.75) is 121 Å². The summed E-state index contributed by atoms with van der Waals surface area (Å²) in [4.78, 5) is 0. The van der Waals surface area contributed by atoms with E-state index in [0.29, 0.717) is 0 Å². The van der Waals surface area contributed by atoms with Gasteiger partial charge in [0.25, 0.3) is 0 Å². The van der Waals surface area contributed by atoms with Crippen LogP contribution in [0.5, 0.6) is 0 Å². The summed E-state index contributed by atoms with van der Waals surface area (Å²) >= 11 is 6.21. The Balaban J connectivity index is 3.03. The number of nitrogens with one attached hydrogen (secondary N) is 1. The first-order valence-electron chi connectivity index (χ1n) is 10.8. The molecule has 144 valence electrons. The zero-order chi connectivity index (χ0) is 17.7. The van der Waals surface area contributed by atoms with E-state index >= 15 is 0 Å². The van der Waals surface area contributed by atoms with Crippen LogP contribution in [0.3, 0.4) is 0 Å². The fourth-order valence-corrected chi connectivity index (χ4v) is 3.47. The van der Waals surface area contributed by atoms with E-state index in [1.54, 1.807) is 6.20 Å². The SMILES string of the molecule is C=CNCC(Cl)CCCCCCCCCCCCCCCCCC. The van der Waals surface area contributed by atoms with Gasteiger partial charge >= 0.3 is 0 Å². The van der Waals surface area contributed by atoms with Crippen LogP contribution in [0.2, 0.25) is 0 Å². The monoisotopic (exact) mass is 357 g/mol. The summed E-state index contributed by atoms with van der Waals surface area (Å²) in [6.45, 7) is 6.78. The lowest BCUT2D eigenvalue weighted by Crippen LogP contribution is -2.17. The van der Waals surface area contributed by atoms with E-state index in [4.69, 9.17) is 11.6 Å². The molecular formula is C22H44ClN. The number of alkyl halides is 1. The van der Waals surface area contributed by atoms with Crippen LogP contribution in [-0.2, 0) is 0 Å². The molecule has 0 heterocycles. The summed E-state index contributed by atoms with van der Waals surface area (Å²) in [6.07, 6.45) is 25.6. The van der Waals surface area contributed by atoms with Crippen LogP contribution in [0, 0.1) is 0 Å². The maximum atomic E-state index is 6.21. The maximum Gasteiger partial charge on any atom is 0.0508 e. The van der Waals surface area contributed by atoms with Gasteiger partial charge in [-0.1, -0.05) is 116 Å². The summed E-state index contributed by atoms with van der Waals surface area (Å²) in [7, 11) is 0. The molecule has 0 aromatic rings. The predicted molar refractivity (Wildman–Crippen MR) is 112 cm³/mol. The van der Waals surface area contributed by atoms with E-state index in [2.05, 4.69) is 18.8 Å². The lowest BCUT2D eigenvalue weighted by Gasteiger charge is -2.08. The molecule has 2 heteroatoms. The second-order valence-corrected chi connectivity index (χ2v) is 7.92. The molecule has 1 unspecified atom stereocenters. The fraction of sp³-hybridized carbons (Fsp3) is 0.909. The molecule has 0 aromatic heterocycles. The van der Waals surface area contributed by atoms with Gasteiger partial charge in [-0.05, 0) is 12.6 Å². The van der Waals surface area contributed by atoms with E-state index in [1.165, 1.54) is 103 Å². The van der Waals surface area contributed by atoms with Gasteiger partial charge in [0.2, 0.25) is 0 Å². The highest BCUT2D eigenvalue weighted by Gasteiger charge is 2.02. The van der Waals surface area contributed by atoms with Gasteiger partial charge in [0.05, 0.1) is 5.38 Å². The second-order valence-electron chi connectivity index (χ2n) is 7.30. The lowest BCUT2D eigenvalue weighted by atomic mass is 10.0. The van der Waals surface area contributed by atoms with E-state index in [1.807, 2.05) is 0 Å². The molecule has 0 fully saturated rings. The standard InChI is InChI=1S/C22H44ClN/c1-3-5-6-7-8-9-10-11-12-13-14-15-16-17-18-19-20-22(23)21-24-4-2/h4,22,24H,2-3,5-21H2,1H3. The summed E-state index contributed by atoms with van der Waals surface area (Å²) in [5.41, 5.74) is 0. The Morgan fingerprint density at radius 2 is 1.08 bits per heavy atom. The Bertz CT molecular complexity index is 242. The summed E-state index contributed by atoms with van der Waals surface area (Å²) in [5.74, 6) is 0. The Hall–Kier alpha value is -0.170. The molecule has 0 bridgehead atoms. The first-order valence-corrected chi connectivity index (χ1v) is 11.2. The zero-order valence-corrected chi connectivity index (χ0v) is 17.2. The summed E-state index contributed by atoms with van der Waals surface area (Å²) < 4.78 is 0. The maximum absolute atomic E-state index is 6.21. The van der Waals surface area contributed by atoms with Crippen LogP contribution < -0.4 is 5.32 Å². The van der Waals surface area contributed by atoms with Crippen molar-refractivity contribution in [3.8, 4) is 0 Å². The molecule has 0 saturated heterocycles. The molecule has 0 rings (SSSR count). The van der Waals surface area contributed by atoms with Crippen LogP contribution in [0.1, 0.15) is 116 Å². The van der Waals surface area contributed by atoms with Crippen molar-refractivity contribution in [2.24, 2.45) is 0 Å². The van der Waals surface area contributed by atoms with Gasteiger partial charge in [-0.25, -0.2) is 0 Å². The van der Waals surface area contributed by atoms with Gasteiger partial charge in [-0.3, -0.25) is 0 Å². The first kappa shape index (κ1) is 23.8. The van der Waals surface area contributed by atoms with E-state index in [-0.39, 0.29) is 5.38 Å². The molecule has 0 aliphatic carbocycles. The Morgan fingerprint density at radius 3 is 1.46 bits per heavy atom. The highest BCUT2D eigenvalue weighted by Crippen LogP contribution is 2.15. The van der Waals surface area contributed by atoms with Gasteiger partial charge in [-0.2, -0.15) is 0 Å². The zero-order valence-electron chi connectivity index (χ0n) is 16.5. The van der Waals surface area contributed by atoms with E-state index in [9.17, 15) is 0 Å². The Kier molecular flexibility index (Phi) is 20.7. The van der Waals surface area contributed by atoms with Crippen LogP contribution in [0.15, 0.2) is 12.8 Å². The number of unbranched alkanes of at least 4 members (excludes halogenated alkanes) is 15. The number of hydrogen-bond acceptors (Lipinski definition) is 1. The molecule has 1 nitrogen and oxygen atoms in total. The molecule has 0 spiro atoms. The van der Waals surface area contributed by atoms with Crippen molar-refractivity contribution >= 4 is 11.6 Å². The van der Waals surface area contributed by atoms with Crippen molar-refractivity contribution < 1.29 is 0 Å². The molecule has 1 N–H and O–H groups in total. The van der Waals surface area contributed by atoms with Crippen molar-refractivity contribution in [1.82, 2.24) is 5.32 Å². The van der Waals surface area contributed by atoms with Crippen LogP contribution >= 0.6 is 11.6 Å². The largest absolute Gasteiger partial charge is 0.390 e. The topological polar surface area (TPSA) is 12.0 Å². The Labute approximate surface area is 158 Å². The molecule has 0 saturated carbocycles. The Morgan fingerprint density at radius 1 is 0.708 bits per heavy atom. The molecular weight excluding hydrogens is 314 g/mol. The number of halogens is 1. The molecule has 0 aliphatic rings. The highest BCUT2D eigenvalue weighted by atomic mass is 35.5. The summed E-state index contributed by atoms with van der Waals surface area (Å²) in [5, 5.41) is 3.34. The minimum Gasteiger partial charge on any atom is -0.390 e. The van der Waals surface area contributed by atoms with Crippen LogP contribution in [0.4, 0.5) is 0 Å². The van der Waals surface area contributed by atoms with Crippen LogP contribution in [-0.4, -0.2) is 11.9 Å². The van der Waals surface area contributed by atoms with E-state index in [0.717, 1.165) is 13.0 Å². The van der Waals surface area contributed by atoms with Crippen molar-refractivity contribution in [3.05, 3.63) is 12.8 Å². The second kappa shape index (κ2) is 20.9. The third-order valence-electron chi connectivity index (χ3n) is 4.85. The third kappa shape index (κ3) is 19.9. The predicted octanol–water partition coefficient (Wildman–Crippen LogP) is 7.98. The van der Waals surface area contributed by atoms with Crippen molar-refractivity contribution in [1.29, 1.82) is 0 Å². The minimum absolute atomic E-state index is 0.259. The smallest absolute Gasteiger partial charge is 0.0508 e. The molecule has 24 heavy (non-hydrogen) atoms.